The van der Waals surface area contributed by atoms with Crippen LogP contribution in [0.3, 0.4) is 0 Å². The van der Waals surface area contributed by atoms with Gasteiger partial charge in [0.1, 0.15) is 5.41 Å². The summed E-state index contributed by atoms with van der Waals surface area (Å²) in [5, 5.41) is 0. The molecule has 44 heavy (non-hydrogen) atoms. The first kappa shape index (κ1) is 31.1. The normalized spacial score (nSPS) is 16.5. The van der Waals surface area contributed by atoms with Crippen molar-refractivity contribution in [1.29, 1.82) is 0 Å². The molecule has 4 amide bonds. The number of benzene rings is 3. The van der Waals surface area contributed by atoms with Gasteiger partial charge in [0.05, 0.1) is 32.8 Å². The largest absolute Gasteiger partial charge is 0.402 e. The smallest absolute Gasteiger partial charge is 0.277 e. The van der Waals surface area contributed by atoms with Gasteiger partial charge < -0.3 is 0 Å². The number of carbonyl (C=O) groups is 4. The van der Waals surface area contributed by atoms with E-state index in [0.29, 0.717) is 16.7 Å². The van der Waals surface area contributed by atoms with Gasteiger partial charge in [-0.05, 0) is 99.3 Å². The predicted molar refractivity (Wildman–Crippen MR) is 155 cm³/mol. The van der Waals surface area contributed by atoms with E-state index in [0.717, 1.165) is 47.1 Å². The Kier molecular flexibility index (Phi) is 6.94. The van der Waals surface area contributed by atoms with Crippen molar-refractivity contribution in [1.82, 2.24) is 9.62 Å². The van der Waals surface area contributed by atoms with Crippen molar-refractivity contribution in [3.8, 4) is 0 Å². The van der Waals surface area contributed by atoms with Crippen molar-refractivity contribution in [2.45, 2.75) is 51.1 Å². The molecule has 1 N–H and O–H groups in total. The highest BCUT2D eigenvalue weighted by Crippen LogP contribution is 2.48. The minimum atomic E-state index is -4.93. The average molecular weight is 628 g/mol. The Morgan fingerprint density at radius 2 is 1.14 bits per heavy atom. The Labute approximate surface area is 251 Å². The van der Waals surface area contributed by atoms with Crippen molar-refractivity contribution in [2.75, 3.05) is 19.0 Å². The fourth-order valence-electron chi connectivity index (χ4n) is 6.06. The molecule has 3 aromatic rings. The van der Waals surface area contributed by atoms with E-state index in [9.17, 15) is 40.8 Å². The molecule has 3 aromatic carbocycles. The van der Waals surface area contributed by atoms with Crippen molar-refractivity contribution in [3.05, 3.63) is 92.0 Å². The number of nitrogens with one attached hydrogen (secondary N) is 1. The quantitative estimate of drug-likeness (QED) is 0.409. The van der Waals surface area contributed by atoms with Gasteiger partial charge in [-0.1, -0.05) is 12.1 Å². The minimum Gasteiger partial charge on any atom is -0.277 e. The number of nitrogens with zero attached hydrogens (tertiary/aromatic N) is 2. The topological polar surface area (TPSA) is 121 Å². The summed E-state index contributed by atoms with van der Waals surface area (Å²) in [5.74, 6) is -3.08. The van der Waals surface area contributed by atoms with Gasteiger partial charge in [0.2, 0.25) is 10.0 Å². The first-order chi connectivity index (χ1) is 20.3. The number of imide groups is 2. The number of sulfonamides is 1. The number of alkyl halides is 3. The average Bonchev–Trinajstić information content (AvgIpc) is 3.34. The van der Waals surface area contributed by atoms with Gasteiger partial charge in [0.25, 0.3) is 23.6 Å². The van der Waals surface area contributed by atoms with E-state index in [1.165, 1.54) is 27.1 Å². The summed E-state index contributed by atoms with van der Waals surface area (Å²) >= 11 is 0. The maximum absolute atomic E-state index is 14.9. The summed E-state index contributed by atoms with van der Waals surface area (Å²) < 4.78 is 72.9. The van der Waals surface area contributed by atoms with E-state index in [1.54, 1.807) is 20.8 Å². The van der Waals surface area contributed by atoms with Crippen LogP contribution in [0.4, 0.5) is 18.9 Å². The van der Waals surface area contributed by atoms with E-state index in [2.05, 4.69) is 4.72 Å². The maximum Gasteiger partial charge on any atom is 0.402 e. The molecule has 0 saturated carbocycles. The number of anilines is 1. The van der Waals surface area contributed by atoms with Crippen LogP contribution in [-0.2, 0) is 15.4 Å². The van der Waals surface area contributed by atoms with E-state index in [4.69, 9.17) is 0 Å². The molecule has 0 aromatic heterocycles. The summed E-state index contributed by atoms with van der Waals surface area (Å²) in [7, 11) is -1.55. The number of hydrogen-bond donors (Lipinski definition) is 1. The number of hydrogen-bond acceptors (Lipinski definition) is 6. The van der Waals surface area contributed by atoms with Crippen LogP contribution in [0.1, 0.15) is 81.7 Å². The van der Waals surface area contributed by atoms with Crippen molar-refractivity contribution >= 4 is 39.3 Å². The highest BCUT2D eigenvalue weighted by molar-refractivity contribution is 7.89. The maximum atomic E-state index is 14.9. The summed E-state index contributed by atoms with van der Waals surface area (Å²) in [5.41, 5.74) is -2.48. The highest BCUT2D eigenvalue weighted by Gasteiger charge is 2.55. The van der Waals surface area contributed by atoms with Gasteiger partial charge in [0.15, 0.2) is 0 Å². The molecule has 0 saturated heterocycles. The van der Waals surface area contributed by atoms with E-state index in [-0.39, 0.29) is 49.5 Å². The van der Waals surface area contributed by atoms with Crippen LogP contribution in [0, 0.1) is 27.7 Å². The Morgan fingerprint density at radius 3 is 1.64 bits per heavy atom. The zero-order chi connectivity index (χ0) is 32.8. The second-order valence-electron chi connectivity index (χ2n) is 11.1. The molecular formula is C31H28F3N3O6S. The summed E-state index contributed by atoms with van der Waals surface area (Å²) in [6.07, 6.45) is -4.93. The molecule has 13 heteroatoms. The standard InChI is InChI=1S/C31H28F3N3O6S/c1-14-15(2)24(17(4)25(16(14)3)44(42,43)35-6)37-28(40)21-11-9-19(13-23(21)29(37)41)30(5,31(32,33)34)18-8-10-20-22(12-18)27(39)36(7)26(20)38/h8-13,35H,1-7H3. The number of halogens is 3. The molecule has 2 heterocycles. The van der Waals surface area contributed by atoms with Gasteiger partial charge in [-0.25, -0.2) is 18.0 Å². The van der Waals surface area contributed by atoms with Gasteiger partial charge >= 0.3 is 6.18 Å². The van der Waals surface area contributed by atoms with Crippen LogP contribution in [0.25, 0.3) is 0 Å². The number of carbonyl (C=O) groups excluding carboxylic acids is 4. The SMILES string of the molecule is CNS(=O)(=O)c1c(C)c(C)c(C)c(N2C(=O)c3ccc(C(C)(c4ccc5c(c4)C(=O)N(C)C5=O)C(F)(F)F)cc3C2=O)c1C. The lowest BCUT2D eigenvalue weighted by molar-refractivity contribution is -0.173. The molecular weight excluding hydrogens is 599 g/mol. The lowest BCUT2D eigenvalue weighted by Gasteiger charge is -2.33. The van der Waals surface area contributed by atoms with Crippen LogP contribution in [0.2, 0.25) is 0 Å². The van der Waals surface area contributed by atoms with E-state index < -0.39 is 45.2 Å². The molecule has 0 fully saturated rings. The predicted octanol–water partition coefficient (Wildman–Crippen LogP) is 4.72. The Hall–Kier alpha value is -4.36. The molecule has 1 atom stereocenters. The molecule has 0 spiro atoms. The van der Waals surface area contributed by atoms with Gasteiger partial charge in [-0.2, -0.15) is 13.2 Å². The zero-order valence-corrected chi connectivity index (χ0v) is 25.7. The molecule has 2 aliphatic rings. The third-order valence-corrected chi connectivity index (χ3v) is 10.7. The monoisotopic (exact) mass is 627 g/mol. The summed E-state index contributed by atoms with van der Waals surface area (Å²) in [6.45, 7) is 7.25. The van der Waals surface area contributed by atoms with Crippen LogP contribution < -0.4 is 9.62 Å². The van der Waals surface area contributed by atoms with E-state index >= 15 is 0 Å². The Morgan fingerprint density at radius 1 is 0.682 bits per heavy atom. The second kappa shape index (κ2) is 9.83. The lowest BCUT2D eigenvalue weighted by atomic mass is 9.74. The molecule has 230 valence electrons. The summed E-state index contributed by atoms with van der Waals surface area (Å²) in [6, 6.07) is 6.57. The van der Waals surface area contributed by atoms with Gasteiger partial charge in [0, 0.05) is 7.05 Å². The molecule has 0 radical (unpaired) electrons. The minimum absolute atomic E-state index is 0.0186. The van der Waals surface area contributed by atoms with Crippen LogP contribution in [0.15, 0.2) is 41.3 Å². The number of amides is 4. The second-order valence-corrected chi connectivity index (χ2v) is 13.0. The third-order valence-electron chi connectivity index (χ3n) is 8.98. The molecule has 5 rings (SSSR count). The van der Waals surface area contributed by atoms with Crippen molar-refractivity contribution in [2.24, 2.45) is 0 Å². The summed E-state index contributed by atoms with van der Waals surface area (Å²) in [4.78, 5) is 53.9. The van der Waals surface area contributed by atoms with Crippen LogP contribution >= 0.6 is 0 Å². The molecule has 0 bridgehead atoms. The first-order valence-electron chi connectivity index (χ1n) is 13.4. The molecule has 9 nitrogen and oxygen atoms in total. The molecule has 0 aliphatic carbocycles. The fourth-order valence-corrected chi connectivity index (χ4v) is 7.32. The number of rotatable bonds is 5. The van der Waals surface area contributed by atoms with Crippen molar-refractivity contribution in [3.63, 3.8) is 0 Å². The van der Waals surface area contributed by atoms with Gasteiger partial charge in [-0.3, -0.25) is 24.1 Å². The highest BCUT2D eigenvalue weighted by atomic mass is 32.2. The Bertz CT molecular complexity index is 1970. The van der Waals surface area contributed by atoms with E-state index in [1.807, 2.05) is 0 Å². The fraction of sp³-hybridized carbons (Fsp3) is 0.290. The van der Waals surface area contributed by atoms with Crippen LogP contribution in [-0.4, -0.2) is 57.2 Å². The number of fused-ring (bicyclic) bond motifs is 2. The van der Waals surface area contributed by atoms with Crippen LogP contribution in [0.5, 0.6) is 0 Å². The third kappa shape index (κ3) is 4.05. The van der Waals surface area contributed by atoms with Crippen molar-refractivity contribution < 1.29 is 40.8 Å². The van der Waals surface area contributed by atoms with Gasteiger partial charge in [-0.15, -0.1) is 0 Å². The molecule has 2 aliphatic heterocycles. The lowest BCUT2D eigenvalue weighted by Crippen LogP contribution is -2.41. The molecule has 1 unspecified atom stereocenters. The zero-order valence-electron chi connectivity index (χ0n) is 24.9. The first-order valence-corrected chi connectivity index (χ1v) is 14.9. The Balaban J connectivity index is 1.68.